The Morgan fingerprint density at radius 3 is 2.72 bits per heavy atom. The molecule has 1 aromatic heterocycles. The smallest absolute Gasteiger partial charge is 0.252 e. The van der Waals surface area contributed by atoms with Crippen LogP contribution in [0.2, 0.25) is 0 Å². The minimum Gasteiger partial charge on any atom is -0.497 e. The van der Waals surface area contributed by atoms with E-state index in [1.807, 2.05) is 62.5 Å². The highest BCUT2D eigenvalue weighted by atomic mass is 16.5. The van der Waals surface area contributed by atoms with Gasteiger partial charge in [-0.3, -0.25) is 9.89 Å². The largest absolute Gasteiger partial charge is 0.497 e. The fourth-order valence-corrected chi connectivity index (χ4v) is 2.78. The van der Waals surface area contributed by atoms with Crippen molar-refractivity contribution in [3.8, 4) is 16.9 Å². The van der Waals surface area contributed by atoms with Crippen molar-refractivity contribution in [3.63, 3.8) is 0 Å². The number of carbonyl (C=O) groups excluding carboxylic acids is 1. The molecule has 128 valence electrons. The van der Waals surface area contributed by atoms with Gasteiger partial charge >= 0.3 is 0 Å². The molecule has 0 saturated heterocycles. The fraction of sp³-hybridized carbons (Fsp3) is 0.200. The van der Waals surface area contributed by atoms with Crippen molar-refractivity contribution in [2.75, 3.05) is 7.11 Å². The molecule has 2 aromatic carbocycles. The van der Waals surface area contributed by atoms with E-state index in [1.165, 1.54) is 0 Å². The Labute approximate surface area is 147 Å². The number of aromatic nitrogens is 2. The lowest BCUT2D eigenvalue weighted by Crippen LogP contribution is -2.27. The molecule has 0 aliphatic carbocycles. The van der Waals surface area contributed by atoms with E-state index in [-0.39, 0.29) is 11.9 Å². The molecule has 3 rings (SSSR count). The maximum absolute atomic E-state index is 12.6. The van der Waals surface area contributed by atoms with Gasteiger partial charge in [0.05, 0.1) is 19.3 Å². The number of nitrogens with one attached hydrogen (secondary N) is 2. The monoisotopic (exact) mass is 335 g/mol. The van der Waals surface area contributed by atoms with Gasteiger partial charge in [0.25, 0.3) is 5.91 Å². The Morgan fingerprint density at radius 1 is 1.20 bits per heavy atom. The van der Waals surface area contributed by atoms with E-state index >= 15 is 0 Å². The van der Waals surface area contributed by atoms with Crippen LogP contribution in [0, 0.1) is 6.92 Å². The number of H-pyrrole nitrogens is 1. The maximum atomic E-state index is 12.6. The van der Waals surface area contributed by atoms with Crippen LogP contribution < -0.4 is 10.1 Å². The van der Waals surface area contributed by atoms with Crippen LogP contribution in [0.25, 0.3) is 11.1 Å². The topological polar surface area (TPSA) is 67.0 Å². The first kappa shape index (κ1) is 16.8. The zero-order valence-corrected chi connectivity index (χ0v) is 14.5. The molecule has 5 nitrogen and oxygen atoms in total. The summed E-state index contributed by atoms with van der Waals surface area (Å²) < 4.78 is 5.24. The second-order valence-electron chi connectivity index (χ2n) is 5.99. The van der Waals surface area contributed by atoms with Crippen LogP contribution >= 0.6 is 0 Å². The summed E-state index contributed by atoms with van der Waals surface area (Å²) in [7, 11) is 1.63. The standard InChI is InChI=1S/C20H21N3O2/c1-13-9-16(17-11-21-22-12-17)7-8-19(13)20(24)23-14(2)15-5-4-6-18(10-15)25-3/h4-12,14H,1-3H3,(H,21,22)(H,23,24). The summed E-state index contributed by atoms with van der Waals surface area (Å²) in [4.78, 5) is 12.6. The Kier molecular flexibility index (Phi) is 4.84. The molecule has 0 spiro atoms. The summed E-state index contributed by atoms with van der Waals surface area (Å²) in [5.41, 5.74) is 4.62. The third kappa shape index (κ3) is 3.71. The predicted molar refractivity (Wildman–Crippen MR) is 97.6 cm³/mol. The lowest BCUT2D eigenvalue weighted by molar-refractivity contribution is 0.0939. The van der Waals surface area contributed by atoms with E-state index in [1.54, 1.807) is 13.3 Å². The highest BCUT2D eigenvalue weighted by Crippen LogP contribution is 2.23. The normalized spacial score (nSPS) is 11.8. The van der Waals surface area contributed by atoms with Crippen molar-refractivity contribution >= 4 is 5.91 Å². The van der Waals surface area contributed by atoms with E-state index in [4.69, 9.17) is 4.74 Å². The highest BCUT2D eigenvalue weighted by Gasteiger charge is 2.14. The van der Waals surface area contributed by atoms with E-state index < -0.39 is 0 Å². The molecule has 5 heteroatoms. The molecule has 1 heterocycles. The van der Waals surface area contributed by atoms with Gasteiger partial charge in [0, 0.05) is 17.3 Å². The zero-order chi connectivity index (χ0) is 17.8. The van der Waals surface area contributed by atoms with Crippen LogP contribution in [0.4, 0.5) is 0 Å². The number of methoxy groups -OCH3 is 1. The van der Waals surface area contributed by atoms with Crippen LogP contribution in [-0.2, 0) is 0 Å². The summed E-state index contributed by atoms with van der Waals surface area (Å²) >= 11 is 0. The quantitative estimate of drug-likeness (QED) is 0.743. The molecule has 1 amide bonds. The number of nitrogens with zero attached hydrogens (tertiary/aromatic N) is 1. The van der Waals surface area contributed by atoms with Crippen molar-refractivity contribution in [2.24, 2.45) is 0 Å². The summed E-state index contributed by atoms with van der Waals surface area (Å²) in [6.07, 6.45) is 3.60. The average molecular weight is 335 g/mol. The molecule has 1 unspecified atom stereocenters. The minimum atomic E-state index is -0.115. The molecule has 0 fully saturated rings. The minimum absolute atomic E-state index is 0.0911. The Morgan fingerprint density at radius 2 is 2.04 bits per heavy atom. The molecule has 1 atom stereocenters. The predicted octanol–water partition coefficient (Wildman–Crippen LogP) is 3.88. The number of hydrogen-bond donors (Lipinski definition) is 2. The van der Waals surface area contributed by atoms with Gasteiger partial charge in [-0.25, -0.2) is 0 Å². The fourth-order valence-electron chi connectivity index (χ4n) is 2.78. The third-order valence-corrected chi connectivity index (χ3v) is 4.24. The lowest BCUT2D eigenvalue weighted by Gasteiger charge is -2.16. The maximum Gasteiger partial charge on any atom is 0.252 e. The average Bonchev–Trinajstić information content (AvgIpc) is 3.16. The van der Waals surface area contributed by atoms with Crippen molar-refractivity contribution in [2.45, 2.75) is 19.9 Å². The molecule has 2 N–H and O–H groups in total. The van der Waals surface area contributed by atoms with Gasteiger partial charge < -0.3 is 10.1 Å². The van der Waals surface area contributed by atoms with Crippen LogP contribution in [0.5, 0.6) is 5.75 Å². The second-order valence-corrected chi connectivity index (χ2v) is 5.99. The van der Waals surface area contributed by atoms with Gasteiger partial charge in [-0.1, -0.05) is 24.3 Å². The lowest BCUT2D eigenvalue weighted by atomic mass is 10.0. The number of ether oxygens (including phenoxy) is 1. The van der Waals surface area contributed by atoms with Crippen molar-refractivity contribution < 1.29 is 9.53 Å². The van der Waals surface area contributed by atoms with Gasteiger partial charge in [-0.15, -0.1) is 0 Å². The van der Waals surface area contributed by atoms with Crippen molar-refractivity contribution in [3.05, 3.63) is 71.5 Å². The molecule has 0 saturated carbocycles. The van der Waals surface area contributed by atoms with Crippen LogP contribution in [0.3, 0.4) is 0 Å². The van der Waals surface area contributed by atoms with Crippen molar-refractivity contribution in [1.82, 2.24) is 15.5 Å². The zero-order valence-electron chi connectivity index (χ0n) is 14.5. The van der Waals surface area contributed by atoms with Crippen LogP contribution in [0.15, 0.2) is 54.9 Å². The van der Waals surface area contributed by atoms with Crippen LogP contribution in [0.1, 0.15) is 34.5 Å². The number of amides is 1. The van der Waals surface area contributed by atoms with E-state index in [9.17, 15) is 4.79 Å². The van der Waals surface area contributed by atoms with Gasteiger partial charge in [0.1, 0.15) is 5.75 Å². The van der Waals surface area contributed by atoms with Crippen molar-refractivity contribution in [1.29, 1.82) is 0 Å². The number of hydrogen-bond acceptors (Lipinski definition) is 3. The molecule has 0 aliphatic heterocycles. The molecular weight excluding hydrogens is 314 g/mol. The molecule has 0 bridgehead atoms. The number of rotatable bonds is 5. The van der Waals surface area contributed by atoms with E-state index in [0.29, 0.717) is 5.56 Å². The summed E-state index contributed by atoms with van der Waals surface area (Å²) in [6, 6.07) is 13.4. The summed E-state index contributed by atoms with van der Waals surface area (Å²) in [5.74, 6) is 0.686. The molecule has 0 radical (unpaired) electrons. The van der Waals surface area contributed by atoms with Crippen LogP contribution in [-0.4, -0.2) is 23.2 Å². The molecular formula is C20H21N3O2. The van der Waals surface area contributed by atoms with E-state index in [2.05, 4.69) is 15.5 Å². The first-order chi connectivity index (χ1) is 12.1. The van der Waals surface area contributed by atoms with Gasteiger partial charge in [0.2, 0.25) is 0 Å². The third-order valence-electron chi connectivity index (χ3n) is 4.24. The molecule has 25 heavy (non-hydrogen) atoms. The number of carbonyl (C=O) groups is 1. The Hall–Kier alpha value is -3.08. The number of aromatic amines is 1. The molecule has 0 aliphatic rings. The van der Waals surface area contributed by atoms with E-state index in [0.717, 1.165) is 28.0 Å². The van der Waals surface area contributed by atoms with Gasteiger partial charge in [0.15, 0.2) is 0 Å². The summed E-state index contributed by atoms with van der Waals surface area (Å²) in [6.45, 7) is 3.90. The Bertz CT molecular complexity index is 872. The van der Waals surface area contributed by atoms with Gasteiger partial charge in [-0.2, -0.15) is 5.10 Å². The SMILES string of the molecule is COc1cccc(C(C)NC(=O)c2ccc(-c3cn[nH]c3)cc2C)c1. The second kappa shape index (κ2) is 7.21. The van der Waals surface area contributed by atoms with Gasteiger partial charge in [-0.05, 0) is 48.7 Å². The first-order valence-electron chi connectivity index (χ1n) is 8.13. The highest BCUT2D eigenvalue weighted by molar-refractivity contribution is 5.96. The number of benzene rings is 2. The molecule has 3 aromatic rings. The first-order valence-corrected chi connectivity index (χ1v) is 8.13. The Balaban J connectivity index is 1.76. The summed E-state index contributed by atoms with van der Waals surface area (Å²) in [5, 5.41) is 9.80. The number of aryl methyl sites for hydroxylation is 1.